The van der Waals surface area contributed by atoms with Crippen molar-refractivity contribution >= 4 is 5.82 Å². The van der Waals surface area contributed by atoms with E-state index in [0.717, 1.165) is 0 Å². The van der Waals surface area contributed by atoms with E-state index in [9.17, 15) is 0 Å². The van der Waals surface area contributed by atoms with Gasteiger partial charge in [0.1, 0.15) is 0 Å². The molecule has 0 fully saturated rings. The summed E-state index contributed by atoms with van der Waals surface area (Å²) in [7, 11) is 2.97. The lowest BCUT2D eigenvalue weighted by Crippen LogP contribution is -1.99. The first kappa shape index (κ1) is 7.59. The van der Waals surface area contributed by atoms with Crippen LogP contribution >= 0.6 is 0 Å². The van der Waals surface area contributed by atoms with Crippen LogP contribution in [0.2, 0.25) is 0 Å². The number of ether oxygens (including phenoxy) is 2. The second-order valence-corrected chi connectivity index (χ2v) is 1.81. The number of nitrogen functional groups attached to an aromatic ring is 1. The Morgan fingerprint density at radius 2 is 2.09 bits per heavy atom. The largest absolute Gasteiger partial charge is 0.491 e. The third-order valence-corrected chi connectivity index (χ3v) is 1.16. The normalized spacial score (nSPS) is 9.27. The lowest BCUT2D eigenvalue weighted by Gasteiger charge is -2.02. The van der Waals surface area contributed by atoms with Crippen molar-refractivity contribution in [2.24, 2.45) is 0 Å². The molecule has 0 radical (unpaired) electrons. The molecule has 11 heavy (non-hydrogen) atoms. The van der Waals surface area contributed by atoms with E-state index in [1.807, 2.05) is 0 Å². The maximum absolute atomic E-state index is 5.45. The van der Waals surface area contributed by atoms with Crippen molar-refractivity contribution in [2.45, 2.75) is 0 Å². The zero-order valence-corrected chi connectivity index (χ0v) is 6.37. The molecule has 5 heteroatoms. The highest BCUT2D eigenvalue weighted by molar-refractivity contribution is 5.44. The predicted octanol–water partition coefficient (Wildman–Crippen LogP) is 0.0760. The molecule has 0 saturated carbocycles. The second-order valence-electron chi connectivity index (χ2n) is 1.81. The molecule has 0 aliphatic rings. The van der Waals surface area contributed by atoms with Crippen LogP contribution in [0.15, 0.2) is 6.20 Å². The van der Waals surface area contributed by atoms with Crippen LogP contribution in [-0.2, 0) is 0 Å². The van der Waals surface area contributed by atoms with Crippen LogP contribution in [0.4, 0.5) is 5.82 Å². The van der Waals surface area contributed by atoms with Crippen molar-refractivity contribution < 1.29 is 9.47 Å². The van der Waals surface area contributed by atoms with Gasteiger partial charge in [0.25, 0.3) is 0 Å². The highest BCUT2D eigenvalue weighted by atomic mass is 16.5. The van der Waals surface area contributed by atoms with E-state index in [-0.39, 0.29) is 11.8 Å². The number of anilines is 1. The molecule has 0 unspecified atom stereocenters. The Kier molecular flexibility index (Phi) is 2.10. The zero-order chi connectivity index (χ0) is 8.27. The van der Waals surface area contributed by atoms with Crippen LogP contribution < -0.4 is 15.2 Å². The van der Waals surface area contributed by atoms with Crippen LogP contribution in [0, 0.1) is 0 Å². The van der Waals surface area contributed by atoms with Gasteiger partial charge in [-0.25, -0.2) is 0 Å². The molecule has 5 nitrogen and oxygen atoms in total. The first-order chi connectivity index (χ1) is 5.27. The molecule has 0 bridgehead atoms. The molecule has 1 rings (SSSR count). The minimum Gasteiger partial charge on any atom is -0.491 e. The van der Waals surface area contributed by atoms with E-state index in [1.54, 1.807) is 0 Å². The number of aromatic nitrogens is 2. The molecule has 0 aliphatic carbocycles. The molecular formula is C6H9N3O2. The van der Waals surface area contributed by atoms with Crippen molar-refractivity contribution in [3.05, 3.63) is 6.20 Å². The summed E-state index contributed by atoms with van der Waals surface area (Å²) in [5.74, 6) is 0.727. The number of nitrogens with zero attached hydrogens (tertiary/aromatic N) is 2. The van der Waals surface area contributed by atoms with Crippen molar-refractivity contribution in [3.63, 3.8) is 0 Å². The molecule has 1 aromatic rings. The van der Waals surface area contributed by atoms with Gasteiger partial charge in [-0.2, -0.15) is 9.97 Å². The van der Waals surface area contributed by atoms with E-state index in [0.29, 0.717) is 5.75 Å². The summed E-state index contributed by atoms with van der Waals surface area (Å²) in [6.45, 7) is 0. The lowest BCUT2D eigenvalue weighted by atomic mass is 10.5. The average Bonchev–Trinajstić information content (AvgIpc) is 2.04. The predicted molar refractivity (Wildman–Crippen MR) is 39.5 cm³/mol. The molecule has 0 atom stereocenters. The Hall–Kier alpha value is -1.52. The molecule has 60 valence electrons. The maximum Gasteiger partial charge on any atom is 0.318 e. The molecule has 2 N–H and O–H groups in total. The van der Waals surface area contributed by atoms with E-state index in [4.69, 9.17) is 15.2 Å². The third kappa shape index (κ3) is 1.49. The number of hydrogen-bond acceptors (Lipinski definition) is 5. The van der Waals surface area contributed by atoms with E-state index in [2.05, 4.69) is 9.97 Å². The second kappa shape index (κ2) is 3.05. The third-order valence-electron chi connectivity index (χ3n) is 1.16. The van der Waals surface area contributed by atoms with Gasteiger partial charge >= 0.3 is 6.01 Å². The van der Waals surface area contributed by atoms with Gasteiger partial charge in [-0.3, -0.25) is 0 Å². The summed E-state index contributed by atoms with van der Waals surface area (Å²) in [5.41, 5.74) is 5.45. The molecule has 1 aromatic heterocycles. The number of nitrogens with two attached hydrogens (primary N) is 1. The monoisotopic (exact) mass is 155 g/mol. The average molecular weight is 155 g/mol. The van der Waals surface area contributed by atoms with Gasteiger partial charge in [-0.1, -0.05) is 0 Å². The van der Waals surface area contributed by atoms with Crippen LogP contribution in [0.3, 0.4) is 0 Å². The zero-order valence-electron chi connectivity index (χ0n) is 6.37. The highest BCUT2D eigenvalue weighted by Crippen LogP contribution is 2.18. The van der Waals surface area contributed by atoms with Gasteiger partial charge in [0.05, 0.1) is 20.4 Å². The Labute approximate surface area is 64.2 Å². The highest BCUT2D eigenvalue weighted by Gasteiger charge is 2.02. The maximum atomic E-state index is 5.45. The van der Waals surface area contributed by atoms with Crippen LogP contribution in [0.25, 0.3) is 0 Å². The Morgan fingerprint density at radius 3 is 2.55 bits per heavy atom. The molecule has 0 saturated heterocycles. The summed E-state index contributed by atoms with van der Waals surface area (Å²) < 4.78 is 9.58. The smallest absolute Gasteiger partial charge is 0.318 e. The molecule has 1 heterocycles. The Balaban J connectivity index is 2.99. The van der Waals surface area contributed by atoms with Crippen LogP contribution in [0.1, 0.15) is 0 Å². The van der Waals surface area contributed by atoms with Gasteiger partial charge < -0.3 is 15.2 Å². The fourth-order valence-electron chi connectivity index (χ4n) is 0.623. The van der Waals surface area contributed by atoms with E-state index in [1.165, 1.54) is 20.4 Å². The standard InChI is InChI=1S/C6H9N3O2/c1-10-4-3-8-6(11-2)9-5(4)7/h3H,1-2H3,(H2,7,8,9). The number of rotatable bonds is 2. The van der Waals surface area contributed by atoms with Gasteiger partial charge in [-0.15, -0.1) is 0 Å². The number of hydrogen-bond donors (Lipinski definition) is 1. The summed E-state index contributed by atoms with van der Waals surface area (Å²) >= 11 is 0. The molecule has 0 spiro atoms. The van der Waals surface area contributed by atoms with E-state index >= 15 is 0 Å². The Morgan fingerprint density at radius 1 is 1.36 bits per heavy atom. The summed E-state index contributed by atoms with van der Waals surface area (Å²) in [5, 5.41) is 0. The fraction of sp³-hybridized carbons (Fsp3) is 0.333. The van der Waals surface area contributed by atoms with Gasteiger partial charge in [0.15, 0.2) is 11.6 Å². The Bertz CT molecular complexity index is 252. The quantitative estimate of drug-likeness (QED) is 0.654. The minimum absolute atomic E-state index is 0.239. The SMILES string of the molecule is COc1ncc(OC)c(N)n1. The summed E-state index contributed by atoms with van der Waals surface area (Å²) in [4.78, 5) is 7.57. The van der Waals surface area contributed by atoms with Crippen molar-refractivity contribution in [1.82, 2.24) is 9.97 Å². The van der Waals surface area contributed by atoms with Gasteiger partial charge in [0.2, 0.25) is 0 Å². The molecule has 0 aromatic carbocycles. The van der Waals surface area contributed by atoms with Gasteiger partial charge in [0, 0.05) is 0 Å². The van der Waals surface area contributed by atoms with E-state index < -0.39 is 0 Å². The summed E-state index contributed by atoms with van der Waals surface area (Å²) in [6, 6.07) is 0.239. The molecule has 0 amide bonds. The van der Waals surface area contributed by atoms with Crippen molar-refractivity contribution in [3.8, 4) is 11.8 Å². The van der Waals surface area contributed by atoms with Crippen molar-refractivity contribution in [1.29, 1.82) is 0 Å². The fourth-order valence-corrected chi connectivity index (χ4v) is 0.623. The van der Waals surface area contributed by atoms with Crippen LogP contribution in [0.5, 0.6) is 11.8 Å². The lowest BCUT2D eigenvalue weighted by molar-refractivity contribution is 0.371. The number of methoxy groups -OCH3 is 2. The van der Waals surface area contributed by atoms with Gasteiger partial charge in [-0.05, 0) is 0 Å². The molecular weight excluding hydrogens is 146 g/mol. The van der Waals surface area contributed by atoms with Crippen molar-refractivity contribution in [2.75, 3.05) is 20.0 Å². The molecule has 0 aliphatic heterocycles. The van der Waals surface area contributed by atoms with Crippen LogP contribution in [-0.4, -0.2) is 24.2 Å². The first-order valence-electron chi connectivity index (χ1n) is 2.98. The summed E-state index contributed by atoms with van der Waals surface area (Å²) in [6.07, 6.45) is 1.46. The minimum atomic E-state index is 0.239. The topological polar surface area (TPSA) is 70.3 Å². The first-order valence-corrected chi connectivity index (χ1v) is 2.98.